The first-order chi connectivity index (χ1) is 12.4. The average molecular weight is 375 g/mol. The van der Waals surface area contributed by atoms with E-state index in [1.165, 1.54) is 23.9 Å². The largest absolute Gasteiger partial charge is 0.411 e. The third kappa shape index (κ3) is 4.26. The van der Waals surface area contributed by atoms with Gasteiger partial charge in [0.15, 0.2) is 0 Å². The molecule has 0 bridgehead atoms. The van der Waals surface area contributed by atoms with Crippen molar-refractivity contribution in [1.29, 1.82) is 0 Å². The molecule has 1 aliphatic heterocycles. The predicted molar refractivity (Wildman–Crippen MR) is 99.5 cm³/mol. The Kier molecular flexibility index (Phi) is 5.65. The second-order valence-corrected chi connectivity index (χ2v) is 7.80. The summed E-state index contributed by atoms with van der Waals surface area (Å²) in [4.78, 5) is 1.66. The zero-order chi connectivity index (χ0) is 18.7. The van der Waals surface area contributed by atoms with Gasteiger partial charge in [-0.25, -0.2) is 4.39 Å². The van der Waals surface area contributed by atoms with Gasteiger partial charge >= 0.3 is 0 Å². The molecule has 0 unspecified atom stereocenters. The molecule has 0 spiro atoms. The van der Waals surface area contributed by atoms with Gasteiger partial charge in [0, 0.05) is 22.6 Å². The van der Waals surface area contributed by atoms with Gasteiger partial charge in [-0.15, -0.1) is 0 Å². The smallest absolute Gasteiger partial charge is 0.124 e. The number of hydrogen-bond acceptors (Lipinski definition) is 5. The number of aliphatic hydroxyl groups is 1. The van der Waals surface area contributed by atoms with E-state index in [9.17, 15) is 9.50 Å². The fraction of sp³-hybridized carbons (Fsp3) is 0.350. The molecule has 3 rings (SSSR count). The van der Waals surface area contributed by atoms with Crippen LogP contribution in [0, 0.1) is 5.82 Å². The number of rotatable bonds is 4. The molecule has 2 atom stereocenters. The second kappa shape index (κ2) is 7.78. The molecule has 0 amide bonds. The second-order valence-electron chi connectivity index (χ2n) is 6.65. The van der Waals surface area contributed by atoms with E-state index in [2.05, 4.69) is 5.16 Å². The molecule has 0 radical (unpaired) electrons. The summed E-state index contributed by atoms with van der Waals surface area (Å²) in [7, 11) is 0. The average Bonchev–Trinajstić information content (AvgIpc) is 2.61. The maximum atomic E-state index is 14.2. The van der Waals surface area contributed by atoms with Crippen molar-refractivity contribution < 1.29 is 19.4 Å². The van der Waals surface area contributed by atoms with Crippen LogP contribution in [0.5, 0.6) is 0 Å². The molecular weight excluding hydrogens is 353 g/mol. The van der Waals surface area contributed by atoms with Crippen molar-refractivity contribution >= 4 is 17.5 Å². The van der Waals surface area contributed by atoms with Crippen molar-refractivity contribution in [3.8, 4) is 0 Å². The fourth-order valence-corrected chi connectivity index (χ4v) is 4.08. The number of ether oxygens (including phenoxy) is 1. The maximum Gasteiger partial charge on any atom is 0.124 e. The Bertz CT molecular complexity index is 809. The Morgan fingerprint density at radius 2 is 1.96 bits per heavy atom. The van der Waals surface area contributed by atoms with Gasteiger partial charge in [0.2, 0.25) is 0 Å². The van der Waals surface area contributed by atoms with Crippen LogP contribution in [0.3, 0.4) is 0 Å². The van der Waals surface area contributed by atoms with Crippen LogP contribution in [-0.4, -0.2) is 28.7 Å². The van der Waals surface area contributed by atoms with Crippen LogP contribution in [0.2, 0.25) is 0 Å². The first kappa shape index (κ1) is 18.9. The molecule has 1 fully saturated rings. The zero-order valence-corrected chi connectivity index (χ0v) is 15.6. The summed E-state index contributed by atoms with van der Waals surface area (Å²) in [6, 6.07) is 12.2. The number of halogens is 1. The highest BCUT2D eigenvalue weighted by Gasteiger charge is 2.35. The SMILES string of the molecule is C/C(=N\O)c1ccc(Sc2cc(F)cc([C@@]3(O)CCO[C@@H](C)C3)c2)cc1. The van der Waals surface area contributed by atoms with Gasteiger partial charge in [0.1, 0.15) is 5.82 Å². The summed E-state index contributed by atoms with van der Waals surface area (Å²) in [5, 5.41) is 23.0. The van der Waals surface area contributed by atoms with Gasteiger partial charge in [0.05, 0.1) is 24.0 Å². The van der Waals surface area contributed by atoms with Gasteiger partial charge in [0.25, 0.3) is 0 Å². The van der Waals surface area contributed by atoms with Gasteiger partial charge in [-0.2, -0.15) is 0 Å². The number of benzene rings is 2. The highest BCUT2D eigenvalue weighted by atomic mass is 32.2. The first-order valence-corrected chi connectivity index (χ1v) is 9.33. The molecule has 138 valence electrons. The van der Waals surface area contributed by atoms with Crippen LogP contribution in [0.1, 0.15) is 37.8 Å². The third-order valence-electron chi connectivity index (χ3n) is 4.61. The lowest BCUT2D eigenvalue weighted by Gasteiger charge is -2.36. The van der Waals surface area contributed by atoms with Crippen LogP contribution >= 0.6 is 11.8 Å². The Morgan fingerprint density at radius 1 is 1.23 bits per heavy atom. The van der Waals surface area contributed by atoms with E-state index in [1.807, 2.05) is 37.3 Å². The Morgan fingerprint density at radius 3 is 2.62 bits per heavy atom. The molecule has 2 N–H and O–H groups in total. The molecular formula is C20H22FNO3S. The van der Waals surface area contributed by atoms with E-state index in [-0.39, 0.29) is 11.9 Å². The van der Waals surface area contributed by atoms with Gasteiger partial charge in [-0.1, -0.05) is 29.1 Å². The fourth-order valence-electron chi connectivity index (χ4n) is 3.18. The van der Waals surface area contributed by atoms with Crippen LogP contribution in [0.4, 0.5) is 4.39 Å². The molecule has 1 saturated heterocycles. The molecule has 26 heavy (non-hydrogen) atoms. The topological polar surface area (TPSA) is 62.1 Å². The molecule has 1 aliphatic rings. The Balaban J connectivity index is 1.84. The van der Waals surface area contributed by atoms with E-state index in [0.29, 0.717) is 30.7 Å². The van der Waals surface area contributed by atoms with Gasteiger partial charge < -0.3 is 15.1 Å². The number of hydrogen-bond donors (Lipinski definition) is 2. The van der Waals surface area contributed by atoms with Crippen molar-refractivity contribution in [2.45, 2.75) is 48.2 Å². The third-order valence-corrected chi connectivity index (χ3v) is 5.59. The van der Waals surface area contributed by atoms with E-state index in [0.717, 1.165) is 15.4 Å². The van der Waals surface area contributed by atoms with Crippen LogP contribution < -0.4 is 0 Å². The summed E-state index contributed by atoms with van der Waals surface area (Å²) < 4.78 is 19.7. The maximum absolute atomic E-state index is 14.2. The van der Waals surface area contributed by atoms with Crippen molar-refractivity contribution in [2.75, 3.05) is 6.61 Å². The zero-order valence-electron chi connectivity index (χ0n) is 14.8. The standard InChI is InChI=1S/C20H22FNO3S/c1-13-12-20(23,7-8-25-13)16-9-17(21)11-19(10-16)26-18-5-3-15(4-6-18)14(2)22-24/h3-6,9-11,13,23-24H,7-8,12H2,1-2H3/b22-14+/t13-,20+/m0/s1. The predicted octanol–water partition coefficient (Wildman–Crippen LogP) is 4.56. The molecule has 1 heterocycles. The van der Waals surface area contributed by atoms with Crippen molar-refractivity contribution in [2.24, 2.45) is 5.16 Å². The minimum atomic E-state index is -1.06. The Labute approximate surface area is 156 Å². The van der Waals surface area contributed by atoms with Crippen molar-refractivity contribution in [1.82, 2.24) is 0 Å². The minimum absolute atomic E-state index is 0.0582. The lowest BCUT2D eigenvalue weighted by molar-refractivity contribution is -0.101. The molecule has 0 aliphatic carbocycles. The van der Waals surface area contributed by atoms with Crippen LogP contribution in [-0.2, 0) is 10.3 Å². The van der Waals surface area contributed by atoms with Crippen LogP contribution in [0.15, 0.2) is 57.4 Å². The van der Waals surface area contributed by atoms with Gasteiger partial charge in [-0.3, -0.25) is 0 Å². The summed E-state index contributed by atoms with van der Waals surface area (Å²) in [6.07, 6.45) is 0.853. The van der Waals surface area contributed by atoms with Crippen molar-refractivity contribution in [3.05, 3.63) is 59.4 Å². The number of nitrogens with zero attached hydrogens (tertiary/aromatic N) is 1. The highest BCUT2D eigenvalue weighted by molar-refractivity contribution is 7.99. The quantitative estimate of drug-likeness (QED) is 0.467. The molecule has 0 aromatic heterocycles. The van der Waals surface area contributed by atoms with Gasteiger partial charge in [-0.05, 0) is 55.3 Å². The molecule has 6 heteroatoms. The van der Waals surface area contributed by atoms with E-state index >= 15 is 0 Å². The molecule has 4 nitrogen and oxygen atoms in total. The molecule has 2 aromatic rings. The van der Waals surface area contributed by atoms with Crippen molar-refractivity contribution in [3.63, 3.8) is 0 Å². The van der Waals surface area contributed by atoms with Crippen LogP contribution in [0.25, 0.3) is 0 Å². The highest BCUT2D eigenvalue weighted by Crippen LogP contribution is 2.38. The lowest BCUT2D eigenvalue weighted by Crippen LogP contribution is -2.37. The summed E-state index contributed by atoms with van der Waals surface area (Å²) in [6.45, 7) is 4.10. The normalized spacial score (nSPS) is 23.8. The van der Waals surface area contributed by atoms with E-state index in [1.54, 1.807) is 6.92 Å². The number of oxime groups is 1. The monoisotopic (exact) mass is 375 g/mol. The van der Waals surface area contributed by atoms with E-state index in [4.69, 9.17) is 9.94 Å². The molecule has 0 saturated carbocycles. The summed E-state index contributed by atoms with van der Waals surface area (Å²) in [5.41, 5.74) is 0.885. The van der Waals surface area contributed by atoms with E-state index < -0.39 is 5.60 Å². The Hall–Kier alpha value is -1.89. The molecule has 2 aromatic carbocycles. The summed E-state index contributed by atoms with van der Waals surface area (Å²) >= 11 is 1.42. The first-order valence-electron chi connectivity index (χ1n) is 8.51. The summed E-state index contributed by atoms with van der Waals surface area (Å²) in [5.74, 6) is -0.363. The minimum Gasteiger partial charge on any atom is -0.411 e. The lowest BCUT2D eigenvalue weighted by atomic mass is 9.84.